The average Bonchev–Trinajstić information content (AvgIpc) is 2.45. The summed E-state index contributed by atoms with van der Waals surface area (Å²) in [5, 5.41) is 0. The highest BCUT2D eigenvalue weighted by Crippen LogP contribution is 2.20. The van der Waals surface area contributed by atoms with Gasteiger partial charge < -0.3 is 10.6 Å². The predicted octanol–water partition coefficient (Wildman–Crippen LogP) is 3.49. The summed E-state index contributed by atoms with van der Waals surface area (Å²) in [4.78, 5) is 1.83. The van der Waals surface area contributed by atoms with E-state index < -0.39 is 0 Å². The number of hydrogen-bond donors (Lipinski definition) is 1. The molecule has 20 heavy (non-hydrogen) atoms. The fraction of sp³-hybridized carbons (Fsp3) is 0.250. The van der Waals surface area contributed by atoms with Crippen molar-refractivity contribution in [1.29, 1.82) is 0 Å². The monoisotopic (exact) mass is 276 g/mol. The zero-order valence-electron chi connectivity index (χ0n) is 11.4. The van der Waals surface area contributed by atoms with Gasteiger partial charge in [-0.25, -0.2) is 8.78 Å². The number of anilines is 1. The summed E-state index contributed by atoms with van der Waals surface area (Å²) in [7, 11) is 1.83. The number of halogens is 2. The second kappa shape index (κ2) is 6.48. The van der Waals surface area contributed by atoms with Gasteiger partial charge in [-0.1, -0.05) is 24.3 Å². The van der Waals surface area contributed by atoms with Crippen LogP contribution in [0.1, 0.15) is 18.0 Å². The molecule has 2 N–H and O–H groups in total. The minimum absolute atomic E-state index is 0.190. The minimum atomic E-state index is -0.274. The zero-order valence-corrected chi connectivity index (χ0v) is 11.4. The van der Waals surface area contributed by atoms with Crippen molar-refractivity contribution in [2.45, 2.75) is 12.5 Å². The number of benzene rings is 2. The van der Waals surface area contributed by atoms with E-state index in [1.54, 1.807) is 30.3 Å². The first-order valence-corrected chi connectivity index (χ1v) is 6.54. The smallest absolute Gasteiger partial charge is 0.146 e. The topological polar surface area (TPSA) is 29.3 Å². The molecule has 2 aromatic rings. The summed E-state index contributed by atoms with van der Waals surface area (Å²) >= 11 is 0. The Morgan fingerprint density at radius 2 is 1.70 bits per heavy atom. The Kier molecular flexibility index (Phi) is 4.69. The molecule has 0 saturated heterocycles. The van der Waals surface area contributed by atoms with Crippen molar-refractivity contribution in [3.05, 3.63) is 65.7 Å². The van der Waals surface area contributed by atoms with Crippen LogP contribution in [0.3, 0.4) is 0 Å². The molecule has 1 unspecified atom stereocenters. The van der Waals surface area contributed by atoms with Crippen LogP contribution in [-0.4, -0.2) is 13.6 Å². The van der Waals surface area contributed by atoms with Crippen LogP contribution in [0.25, 0.3) is 0 Å². The van der Waals surface area contributed by atoms with Gasteiger partial charge in [-0.15, -0.1) is 0 Å². The molecule has 0 aliphatic carbocycles. The highest BCUT2D eigenvalue weighted by Gasteiger charge is 2.10. The van der Waals surface area contributed by atoms with Gasteiger partial charge in [0.25, 0.3) is 0 Å². The van der Waals surface area contributed by atoms with Crippen LogP contribution in [-0.2, 0) is 0 Å². The molecule has 0 bridgehead atoms. The molecule has 0 saturated carbocycles. The molecule has 2 aromatic carbocycles. The second-order valence-corrected chi connectivity index (χ2v) is 4.82. The molecule has 0 heterocycles. The van der Waals surface area contributed by atoms with Crippen LogP contribution in [0.5, 0.6) is 0 Å². The number of para-hydroxylation sites is 1. The first-order valence-electron chi connectivity index (χ1n) is 6.54. The van der Waals surface area contributed by atoms with Gasteiger partial charge in [-0.05, 0) is 36.2 Å². The van der Waals surface area contributed by atoms with E-state index >= 15 is 0 Å². The van der Waals surface area contributed by atoms with Crippen LogP contribution < -0.4 is 10.6 Å². The van der Waals surface area contributed by atoms with E-state index in [0.717, 1.165) is 5.56 Å². The Morgan fingerprint density at radius 1 is 1.05 bits per heavy atom. The van der Waals surface area contributed by atoms with Gasteiger partial charge in [-0.3, -0.25) is 0 Å². The lowest BCUT2D eigenvalue weighted by Gasteiger charge is -2.22. The van der Waals surface area contributed by atoms with Crippen molar-refractivity contribution in [2.75, 3.05) is 18.5 Å². The highest BCUT2D eigenvalue weighted by atomic mass is 19.1. The van der Waals surface area contributed by atoms with Crippen LogP contribution in [0.2, 0.25) is 0 Å². The Balaban J connectivity index is 1.95. The second-order valence-electron chi connectivity index (χ2n) is 4.82. The number of hydrogen-bond acceptors (Lipinski definition) is 2. The standard InChI is InChI=1S/C16H18F2N2/c1-20(16-5-3-2-4-14(16)18)11-10-15(19)12-6-8-13(17)9-7-12/h2-9,15H,10-11,19H2,1H3. The Morgan fingerprint density at radius 3 is 2.35 bits per heavy atom. The first-order chi connectivity index (χ1) is 9.58. The van der Waals surface area contributed by atoms with E-state index in [1.807, 2.05) is 11.9 Å². The lowest BCUT2D eigenvalue weighted by atomic mass is 10.0. The molecule has 0 amide bonds. The van der Waals surface area contributed by atoms with Gasteiger partial charge in [-0.2, -0.15) is 0 Å². The quantitative estimate of drug-likeness (QED) is 0.905. The van der Waals surface area contributed by atoms with Crippen molar-refractivity contribution in [3.8, 4) is 0 Å². The van der Waals surface area contributed by atoms with Crippen molar-refractivity contribution in [3.63, 3.8) is 0 Å². The molecule has 2 rings (SSSR count). The maximum atomic E-state index is 13.6. The van der Waals surface area contributed by atoms with E-state index in [2.05, 4.69) is 0 Å². The molecule has 1 atom stereocenters. The third-order valence-electron chi connectivity index (χ3n) is 3.34. The van der Waals surface area contributed by atoms with Gasteiger partial charge >= 0.3 is 0 Å². The van der Waals surface area contributed by atoms with E-state index in [9.17, 15) is 8.78 Å². The molecular formula is C16H18F2N2. The number of nitrogens with zero attached hydrogens (tertiary/aromatic N) is 1. The van der Waals surface area contributed by atoms with Gasteiger partial charge in [0, 0.05) is 19.6 Å². The zero-order chi connectivity index (χ0) is 14.5. The molecule has 2 nitrogen and oxygen atoms in total. The van der Waals surface area contributed by atoms with E-state index in [4.69, 9.17) is 5.73 Å². The Hall–Kier alpha value is -1.94. The lowest BCUT2D eigenvalue weighted by Crippen LogP contribution is -2.24. The average molecular weight is 276 g/mol. The van der Waals surface area contributed by atoms with Crippen LogP contribution in [0.4, 0.5) is 14.5 Å². The van der Waals surface area contributed by atoms with E-state index in [1.165, 1.54) is 18.2 Å². The van der Waals surface area contributed by atoms with Crippen LogP contribution in [0.15, 0.2) is 48.5 Å². The Bertz CT molecular complexity index is 555. The summed E-state index contributed by atoms with van der Waals surface area (Å²) in [5.41, 5.74) is 7.50. The molecule has 106 valence electrons. The number of rotatable bonds is 5. The lowest BCUT2D eigenvalue weighted by molar-refractivity contribution is 0.604. The van der Waals surface area contributed by atoms with Crippen molar-refractivity contribution >= 4 is 5.69 Å². The van der Waals surface area contributed by atoms with Gasteiger partial charge in [0.05, 0.1) is 5.69 Å². The molecule has 4 heteroatoms. The molecule has 0 radical (unpaired) electrons. The van der Waals surface area contributed by atoms with Crippen molar-refractivity contribution in [1.82, 2.24) is 0 Å². The maximum absolute atomic E-state index is 13.6. The fourth-order valence-corrected chi connectivity index (χ4v) is 2.09. The molecule has 0 spiro atoms. The van der Waals surface area contributed by atoms with Gasteiger partial charge in [0.15, 0.2) is 0 Å². The Labute approximate surface area is 117 Å². The molecule has 0 aliphatic rings. The van der Waals surface area contributed by atoms with E-state index in [0.29, 0.717) is 18.7 Å². The SMILES string of the molecule is CN(CCC(N)c1ccc(F)cc1)c1ccccc1F. The third kappa shape index (κ3) is 3.54. The summed E-state index contributed by atoms with van der Waals surface area (Å²) in [6.07, 6.45) is 0.663. The highest BCUT2D eigenvalue weighted by molar-refractivity contribution is 5.46. The van der Waals surface area contributed by atoms with Gasteiger partial charge in [0.1, 0.15) is 11.6 Å². The normalized spacial score (nSPS) is 12.2. The van der Waals surface area contributed by atoms with Crippen LogP contribution >= 0.6 is 0 Å². The molecule has 0 aliphatic heterocycles. The fourth-order valence-electron chi connectivity index (χ4n) is 2.09. The third-order valence-corrected chi connectivity index (χ3v) is 3.34. The number of nitrogens with two attached hydrogens (primary N) is 1. The van der Waals surface area contributed by atoms with Crippen molar-refractivity contribution in [2.24, 2.45) is 5.73 Å². The van der Waals surface area contributed by atoms with Gasteiger partial charge in [0.2, 0.25) is 0 Å². The van der Waals surface area contributed by atoms with E-state index in [-0.39, 0.29) is 17.7 Å². The maximum Gasteiger partial charge on any atom is 0.146 e. The molecule has 0 fully saturated rings. The van der Waals surface area contributed by atoms with Crippen molar-refractivity contribution < 1.29 is 8.78 Å². The first kappa shape index (κ1) is 14.5. The summed E-state index contributed by atoms with van der Waals surface area (Å²) < 4.78 is 26.5. The molecule has 0 aromatic heterocycles. The predicted molar refractivity (Wildman–Crippen MR) is 77.6 cm³/mol. The summed E-state index contributed by atoms with van der Waals surface area (Å²) in [6, 6.07) is 12.6. The summed E-state index contributed by atoms with van der Waals surface area (Å²) in [6.45, 7) is 0.624. The largest absolute Gasteiger partial charge is 0.372 e. The summed E-state index contributed by atoms with van der Waals surface area (Å²) in [5.74, 6) is -0.519. The molecular weight excluding hydrogens is 258 g/mol. The minimum Gasteiger partial charge on any atom is -0.372 e. The van der Waals surface area contributed by atoms with Crippen LogP contribution in [0, 0.1) is 11.6 Å².